The second-order valence-corrected chi connectivity index (χ2v) is 13.7. The normalized spacial score (nSPS) is 12.2. The summed E-state index contributed by atoms with van der Waals surface area (Å²) >= 11 is 0. The fraction of sp³-hybridized carbons (Fsp3) is 0. The van der Waals surface area contributed by atoms with Gasteiger partial charge in [-0.3, -0.25) is 4.57 Å². The van der Waals surface area contributed by atoms with Crippen molar-refractivity contribution in [3.63, 3.8) is 0 Å². The number of hydrogen-bond donors (Lipinski definition) is 0. The SMILES string of the molecule is c1ccc(-c2nc3ccccc3nc2-n2c3cc4c(c5c3c3c6c(cccc6ccc32)-c2ccccc2-5)c2ccccc2n4-c2ccccc2)cc1. The molecule has 240 valence electrons. The van der Waals surface area contributed by atoms with Crippen molar-refractivity contribution < 1.29 is 0 Å². The predicted octanol–water partition coefficient (Wildman–Crippen LogP) is 12.3. The van der Waals surface area contributed by atoms with Crippen molar-refractivity contribution in [1.82, 2.24) is 19.1 Å². The fourth-order valence-electron chi connectivity index (χ4n) is 8.93. The Hall–Kier alpha value is -7.04. The molecule has 0 unspecified atom stereocenters. The van der Waals surface area contributed by atoms with Gasteiger partial charge in [0.15, 0.2) is 5.82 Å². The van der Waals surface area contributed by atoms with Gasteiger partial charge in [-0.2, -0.15) is 0 Å². The van der Waals surface area contributed by atoms with Crippen molar-refractivity contribution in [2.45, 2.75) is 0 Å². The Bertz CT molecular complexity index is 3280. The Kier molecular flexibility index (Phi) is 5.47. The second kappa shape index (κ2) is 10.3. The lowest BCUT2D eigenvalue weighted by Gasteiger charge is -2.17. The third kappa shape index (κ3) is 3.60. The molecule has 12 rings (SSSR count). The Morgan fingerprint density at radius 1 is 0.385 bits per heavy atom. The van der Waals surface area contributed by atoms with E-state index >= 15 is 0 Å². The fourth-order valence-corrected chi connectivity index (χ4v) is 8.93. The van der Waals surface area contributed by atoms with Gasteiger partial charge in [0, 0.05) is 38.4 Å². The van der Waals surface area contributed by atoms with Crippen molar-refractivity contribution in [2.75, 3.05) is 0 Å². The standard InChI is InChI=1S/C48H28N4/c1-3-14-30(15-4-1)47-48(50-37-24-11-10-23-36(37)49-47)52-39-27-26-29-16-13-22-33-32-19-7-8-20-34(32)44-43-35-21-9-12-25-38(35)51(31-17-5-2-6-18-31)40(43)28-41(52)46(44)45(39)42(29)33/h1-28H. The van der Waals surface area contributed by atoms with Crippen molar-refractivity contribution in [3.05, 3.63) is 170 Å². The van der Waals surface area contributed by atoms with Crippen molar-refractivity contribution in [2.24, 2.45) is 0 Å². The van der Waals surface area contributed by atoms with E-state index < -0.39 is 0 Å². The molecular formula is C48H28N4. The number of aromatic nitrogens is 4. The predicted molar refractivity (Wildman–Crippen MR) is 216 cm³/mol. The molecule has 11 aromatic rings. The molecule has 0 saturated heterocycles. The molecule has 0 aliphatic heterocycles. The van der Waals surface area contributed by atoms with Crippen LogP contribution in [0, 0.1) is 0 Å². The van der Waals surface area contributed by atoms with Gasteiger partial charge >= 0.3 is 0 Å². The minimum atomic E-state index is 0.822. The minimum Gasteiger partial charge on any atom is -0.309 e. The van der Waals surface area contributed by atoms with Gasteiger partial charge in [0.2, 0.25) is 0 Å². The Morgan fingerprint density at radius 3 is 1.90 bits per heavy atom. The first kappa shape index (κ1) is 27.7. The molecule has 8 aromatic carbocycles. The molecule has 4 nitrogen and oxygen atoms in total. The number of hydrogen-bond acceptors (Lipinski definition) is 2. The van der Waals surface area contributed by atoms with E-state index in [0.29, 0.717) is 0 Å². The summed E-state index contributed by atoms with van der Waals surface area (Å²) in [4.78, 5) is 10.8. The first-order valence-electron chi connectivity index (χ1n) is 17.8. The minimum absolute atomic E-state index is 0.822. The van der Waals surface area contributed by atoms with Gasteiger partial charge < -0.3 is 4.57 Å². The summed E-state index contributed by atoms with van der Waals surface area (Å²) in [6.07, 6.45) is 0. The molecule has 3 heterocycles. The number of rotatable bonds is 3. The van der Waals surface area contributed by atoms with Crippen LogP contribution in [0.3, 0.4) is 0 Å². The summed E-state index contributed by atoms with van der Waals surface area (Å²) in [6, 6.07) is 61.0. The summed E-state index contributed by atoms with van der Waals surface area (Å²) < 4.78 is 4.83. The Morgan fingerprint density at radius 2 is 1.06 bits per heavy atom. The Balaban J connectivity index is 1.39. The lowest BCUT2D eigenvalue weighted by molar-refractivity contribution is 1.08. The third-order valence-corrected chi connectivity index (χ3v) is 11.0. The van der Waals surface area contributed by atoms with Crippen molar-refractivity contribution in [3.8, 4) is 45.0 Å². The molecule has 0 saturated carbocycles. The summed E-state index contributed by atoms with van der Waals surface area (Å²) in [6.45, 7) is 0. The van der Waals surface area contributed by atoms with Gasteiger partial charge in [0.25, 0.3) is 0 Å². The maximum absolute atomic E-state index is 5.49. The maximum atomic E-state index is 5.49. The van der Waals surface area contributed by atoms with Gasteiger partial charge in [0.05, 0.1) is 33.1 Å². The molecule has 0 spiro atoms. The van der Waals surface area contributed by atoms with E-state index in [0.717, 1.165) is 50.3 Å². The summed E-state index contributed by atoms with van der Waals surface area (Å²) in [5.74, 6) is 0.822. The molecule has 1 aliphatic carbocycles. The number of para-hydroxylation sites is 4. The zero-order chi connectivity index (χ0) is 33.9. The van der Waals surface area contributed by atoms with Gasteiger partial charge in [-0.25, -0.2) is 9.97 Å². The number of fused-ring (bicyclic) bond motifs is 8. The van der Waals surface area contributed by atoms with Crippen molar-refractivity contribution >= 4 is 65.4 Å². The molecule has 0 atom stereocenters. The molecule has 4 heteroatoms. The maximum Gasteiger partial charge on any atom is 0.165 e. The zero-order valence-electron chi connectivity index (χ0n) is 28.0. The van der Waals surface area contributed by atoms with Crippen LogP contribution in [0.2, 0.25) is 0 Å². The number of nitrogens with zero attached hydrogens (tertiary/aromatic N) is 4. The average Bonchev–Trinajstić information content (AvgIpc) is 3.68. The molecule has 0 amide bonds. The summed E-state index contributed by atoms with van der Waals surface area (Å²) in [5, 5.41) is 7.50. The van der Waals surface area contributed by atoms with E-state index in [2.05, 4.69) is 167 Å². The van der Waals surface area contributed by atoms with Crippen molar-refractivity contribution in [1.29, 1.82) is 0 Å². The van der Waals surface area contributed by atoms with Crippen LogP contribution < -0.4 is 0 Å². The lowest BCUT2D eigenvalue weighted by Crippen LogP contribution is -2.04. The molecule has 1 aliphatic rings. The van der Waals surface area contributed by atoms with Gasteiger partial charge in [-0.05, 0) is 69.9 Å². The van der Waals surface area contributed by atoms with Crippen LogP contribution in [0.4, 0.5) is 0 Å². The van der Waals surface area contributed by atoms with Crippen LogP contribution >= 0.6 is 0 Å². The van der Waals surface area contributed by atoms with Crippen LogP contribution in [0.5, 0.6) is 0 Å². The first-order valence-corrected chi connectivity index (χ1v) is 17.8. The van der Waals surface area contributed by atoms with E-state index in [4.69, 9.17) is 9.97 Å². The molecule has 3 aromatic heterocycles. The van der Waals surface area contributed by atoms with Gasteiger partial charge in [0.1, 0.15) is 5.69 Å². The molecule has 0 fully saturated rings. The van der Waals surface area contributed by atoms with Crippen LogP contribution in [-0.2, 0) is 0 Å². The van der Waals surface area contributed by atoms with E-state index in [1.807, 2.05) is 12.1 Å². The molecule has 0 bridgehead atoms. The summed E-state index contributed by atoms with van der Waals surface area (Å²) in [5.41, 5.74) is 14.3. The topological polar surface area (TPSA) is 35.6 Å². The van der Waals surface area contributed by atoms with Gasteiger partial charge in [-0.1, -0.05) is 127 Å². The van der Waals surface area contributed by atoms with E-state index in [1.165, 1.54) is 60.1 Å². The first-order chi connectivity index (χ1) is 25.8. The zero-order valence-corrected chi connectivity index (χ0v) is 28.0. The quantitative estimate of drug-likeness (QED) is 0.189. The molecule has 52 heavy (non-hydrogen) atoms. The van der Waals surface area contributed by atoms with Gasteiger partial charge in [-0.15, -0.1) is 0 Å². The average molecular weight is 661 g/mol. The monoisotopic (exact) mass is 660 g/mol. The van der Waals surface area contributed by atoms with E-state index in [9.17, 15) is 0 Å². The van der Waals surface area contributed by atoms with Crippen LogP contribution in [-0.4, -0.2) is 19.1 Å². The van der Waals surface area contributed by atoms with Crippen LogP contribution in [0.25, 0.3) is 110 Å². The smallest absolute Gasteiger partial charge is 0.165 e. The third-order valence-electron chi connectivity index (χ3n) is 11.0. The number of benzene rings is 8. The highest BCUT2D eigenvalue weighted by Gasteiger charge is 2.30. The highest BCUT2D eigenvalue weighted by Crippen LogP contribution is 2.54. The molecular weight excluding hydrogens is 633 g/mol. The highest BCUT2D eigenvalue weighted by atomic mass is 15.1. The molecule has 0 radical (unpaired) electrons. The van der Waals surface area contributed by atoms with E-state index in [1.54, 1.807) is 0 Å². The Labute approximate surface area is 298 Å². The van der Waals surface area contributed by atoms with Crippen LogP contribution in [0.15, 0.2) is 170 Å². The lowest BCUT2D eigenvalue weighted by atomic mass is 9.91. The largest absolute Gasteiger partial charge is 0.309 e. The highest BCUT2D eigenvalue weighted by molar-refractivity contribution is 6.36. The summed E-state index contributed by atoms with van der Waals surface area (Å²) in [7, 11) is 0. The molecule has 0 N–H and O–H groups in total. The van der Waals surface area contributed by atoms with Crippen LogP contribution in [0.1, 0.15) is 0 Å². The second-order valence-electron chi connectivity index (χ2n) is 13.7. The van der Waals surface area contributed by atoms with E-state index in [-0.39, 0.29) is 0 Å².